The average molecular weight is 309 g/mol. The molecule has 0 saturated carbocycles. The summed E-state index contributed by atoms with van der Waals surface area (Å²) < 4.78 is 4.21. The van der Waals surface area contributed by atoms with Gasteiger partial charge in [-0.3, -0.25) is 0 Å². The molecule has 3 heterocycles. The van der Waals surface area contributed by atoms with Crippen LogP contribution in [0.25, 0.3) is 11.2 Å². The lowest BCUT2D eigenvalue weighted by molar-refractivity contribution is 0.640. The van der Waals surface area contributed by atoms with Crippen LogP contribution in [0.1, 0.15) is 28.9 Å². The summed E-state index contributed by atoms with van der Waals surface area (Å²) in [7, 11) is 0. The van der Waals surface area contributed by atoms with Gasteiger partial charge in [0, 0.05) is 11.4 Å². The Balaban J connectivity index is 2.19. The van der Waals surface area contributed by atoms with Gasteiger partial charge in [-0.15, -0.1) is 22.9 Å². The molecule has 6 heteroatoms. The third-order valence-electron chi connectivity index (χ3n) is 3.57. The molecule has 0 aromatic carbocycles. The summed E-state index contributed by atoms with van der Waals surface area (Å²) in [6.45, 7) is 7.89. The number of nitrogens with zero attached hydrogens (tertiary/aromatic N) is 4. The predicted octanol–water partition coefficient (Wildman–Crippen LogP) is 3.72. The van der Waals surface area contributed by atoms with Crippen molar-refractivity contribution < 1.29 is 0 Å². The van der Waals surface area contributed by atoms with E-state index in [-0.39, 0.29) is 0 Å². The Morgan fingerprint density at radius 2 is 2.15 bits per heavy atom. The molecule has 0 radical (unpaired) electrons. The van der Waals surface area contributed by atoms with Crippen LogP contribution in [-0.2, 0) is 19.0 Å². The normalized spacial score (nSPS) is 11.6. The summed E-state index contributed by atoms with van der Waals surface area (Å²) in [6, 6.07) is 2.15. The lowest BCUT2D eigenvalue weighted by Crippen LogP contribution is -2.08. The third-order valence-corrected chi connectivity index (χ3v) is 4.81. The van der Waals surface area contributed by atoms with Crippen molar-refractivity contribution in [3.05, 3.63) is 33.4 Å². The maximum absolute atomic E-state index is 6.08. The first kappa shape index (κ1) is 13.6. The smallest absolute Gasteiger partial charge is 0.159 e. The average Bonchev–Trinajstić information content (AvgIpc) is 3.08. The van der Waals surface area contributed by atoms with Crippen LogP contribution < -0.4 is 0 Å². The zero-order valence-corrected chi connectivity index (χ0v) is 13.4. The molecular formula is C14H17ClN4S. The molecule has 20 heavy (non-hydrogen) atoms. The molecule has 3 aromatic rings. The number of hydrogen-bond donors (Lipinski definition) is 0. The maximum atomic E-state index is 6.08. The Labute approximate surface area is 127 Å². The molecule has 106 valence electrons. The molecule has 0 spiro atoms. The Bertz CT molecular complexity index is 753. The highest BCUT2D eigenvalue weighted by molar-refractivity contribution is 7.10. The number of thiophene rings is 1. The molecule has 0 aliphatic carbocycles. The first-order valence-corrected chi connectivity index (χ1v) is 8.08. The largest absolute Gasteiger partial charge is 0.307 e. The maximum Gasteiger partial charge on any atom is 0.159 e. The van der Waals surface area contributed by atoms with Crippen LogP contribution in [-0.4, -0.2) is 19.3 Å². The predicted molar refractivity (Wildman–Crippen MR) is 83.6 cm³/mol. The van der Waals surface area contributed by atoms with Gasteiger partial charge in [-0.1, -0.05) is 0 Å². The lowest BCUT2D eigenvalue weighted by atomic mass is 10.3. The molecule has 0 amide bonds. The van der Waals surface area contributed by atoms with E-state index in [4.69, 9.17) is 11.6 Å². The van der Waals surface area contributed by atoms with Gasteiger partial charge < -0.3 is 4.57 Å². The van der Waals surface area contributed by atoms with Crippen LogP contribution in [0, 0.1) is 13.8 Å². The number of halogens is 1. The van der Waals surface area contributed by atoms with Crippen molar-refractivity contribution in [2.75, 3.05) is 0 Å². The second-order valence-electron chi connectivity index (χ2n) is 4.85. The van der Waals surface area contributed by atoms with Gasteiger partial charge in [0.05, 0.1) is 18.1 Å². The van der Waals surface area contributed by atoms with Crippen LogP contribution in [0.15, 0.2) is 11.4 Å². The van der Waals surface area contributed by atoms with Crippen molar-refractivity contribution in [3.8, 4) is 0 Å². The van der Waals surface area contributed by atoms with Crippen LogP contribution in [0.4, 0.5) is 0 Å². The van der Waals surface area contributed by atoms with E-state index in [1.54, 1.807) is 11.3 Å². The molecule has 3 rings (SSSR count). The zero-order valence-electron chi connectivity index (χ0n) is 11.9. The Hall–Kier alpha value is -1.33. The molecule has 0 atom stereocenters. The summed E-state index contributed by atoms with van der Waals surface area (Å²) >= 11 is 7.85. The second-order valence-corrected chi connectivity index (χ2v) is 6.12. The van der Waals surface area contributed by atoms with Crippen molar-refractivity contribution in [2.45, 2.75) is 39.7 Å². The number of aryl methyl sites for hydroxylation is 3. The lowest BCUT2D eigenvalue weighted by Gasteiger charge is -2.08. The fourth-order valence-corrected chi connectivity index (χ4v) is 3.57. The van der Waals surface area contributed by atoms with Gasteiger partial charge in [0.15, 0.2) is 5.65 Å². The van der Waals surface area contributed by atoms with Crippen LogP contribution in [0.5, 0.6) is 0 Å². The molecule has 0 fully saturated rings. The minimum absolute atomic E-state index is 0.419. The van der Waals surface area contributed by atoms with E-state index in [0.717, 1.165) is 35.8 Å². The Morgan fingerprint density at radius 3 is 2.75 bits per heavy atom. The molecule has 3 aromatic heterocycles. The van der Waals surface area contributed by atoms with Gasteiger partial charge in [-0.05, 0) is 37.8 Å². The van der Waals surface area contributed by atoms with Crippen molar-refractivity contribution >= 4 is 34.1 Å². The minimum Gasteiger partial charge on any atom is -0.307 e. The molecule has 4 nitrogen and oxygen atoms in total. The van der Waals surface area contributed by atoms with Gasteiger partial charge in [-0.25, -0.2) is 9.67 Å². The van der Waals surface area contributed by atoms with E-state index >= 15 is 0 Å². The highest BCUT2D eigenvalue weighted by atomic mass is 35.5. The van der Waals surface area contributed by atoms with Gasteiger partial charge in [-0.2, -0.15) is 5.10 Å². The second kappa shape index (κ2) is 5.22. The summed E-state index contributed by atoms with van der Waals surface area (Å²) in [4.78, 5) is 6.01. The van der Waals surface area contributed by atoms with Crippen LogP contribution in [0.3, 0.4) is 0 Å². The Morgan fingerprint density at radius 1 is 1.35 bits per heavy atom. The van der Waals surface area contributed by atoms with Crippen LogP contribution in [0.2, 0.25) is 0 Å². The zero-order chi connectivity index (χ0) is 14.3. The summed E-state index contributed by atoms with van der Waals surface area (Å²) in [5, 5.41) is 6.68. The van der Waals surface area contributed by atoms with E-state index in [2.05, 4.69) is 39.9 Å². The number of hydrogen-bond acceptors (Lipinski definition) is 3. The summed E-state index contributed by atoms with van der Waals surface area (Å²) in [5.74, 6) is 1.33. The van der Waals surface area contributed by atoms with Gasteiger partial charge in [0.1, 0.15) is 11.3 Å². The van der Waals surface area contributed by atoms with E-state index in [1.807, 2.05) is 11.6 Å². The van der Waals surface area contributed by atoms with E-state index < -0.39 is 0 Å². The highest BCUT2D eigenvalue weighted by Gasteiger charge is 2.18. The monoisotopic (exact) mass is 308 g/mol. The van der Waals surface area contributed by atoms with E-state index in [9.17, 15) is 0 Å². The van der Waals surface area contributed by atoms with Crippen molar-refractivity contribution in [2.24, 2.45) is 0 Å². The Kier molecular flexibility index (Phi) is 3.56. The fourth-order valence-electron chi connectivity index (χ4n) is 2.47. The van der Waals surface area contributed by atoms with Gasteiger partial charge >= 0.3 is 0 Å². The number of aromatic nitrogens is 4. The number of alkyl halides is 1. The van der Waals surface area contributed by atoms with Crippen LogP contribution >= 0.6 is 22.9 Å². The van der Waals surface area contributed by atoms with Gasteiger partial charge in [0.2, 0.25) is 0 Å². The fraction of sp³-hybridized carbons (Fsp3) is 0.429. The quantitative estimate of drug-likeness (QED) is 0.689. The summed E-state index contributed by atoms with van der Waals surface area (Å²) in [6.07, 6.45) is 0. The molecule has 0 unspecified atom stereocenters. The molecule has 0 aliphatic rings. The minimum atomic E-state index is 0.419. The topological polar surface area (TPSA) is 35.6 Å². The molecular weight excluding hydrogens is 292 g/mol. The highest BCUT2D eigenvalue weighted by Crippen LogP contribution is 2.24. The number of rotatable bonds is 4. The number of imidazole rings is 1. The molecule has 0 aliphatic heterocycles. The molecule has 0 bridgehead atoms. The first-order chi connectivity index (χ1) is 9.65. The van der Waals surface area contributed by atoms with E-state index in [1.165, 1.54) is 10.4 Å². The summed E-state index contributed by atoms with van der Waals surface area (Å²) in [5.41, 5.74) is 4.33. The molecule has 0 N–H and O–H groups in total. The van der Waals surface area contributed by atoms with Crippen molar-refractivity contribution in [1.82, 2.24) is 19.3 Å². The molecule has 0 saturated heterocycles. The van der Waals surface area contributed by atoms with Crippen molar-refractivity contribution in [1.29, 1.82) is 0 Å². The van der Waals surface area contributed by atoms with Gasteiger partial charge in [0.25, 0.3) is 0 Å². The standard InChI is InChI=1S/C14H17ClN4S/c1-4-19-14-13(10(3)17-19)16-12(7-15)18(14)8-11-9(2)5-6-20-11/h5-6H,4,7-8H2,1-3H3. The first-order valence-electron chi connectivity index (χ1n) is 6.67. The van der Waals surface area contributed by atoms with E-state index in [0.29, 0.717) is 5.88 Å². The SMILES string of the molecule is CCn1nc(C)c2nc(CCl)n(Cc3sccc3C)c21. The third kappa shape index (κ3) is 2.05. The number of fused-ring (bicyclic) bond motifs is 1. The van der Waals surface area contributed by atoms with Crippen molar-refractivity contribution in [3.63, 3.8) is 0 Å².